The topological polar surface area (TPSA) is 80.7 Å². The van der Waals surface area contributed by atoms with Crippen molar-refractivity contribution in [3.63, 3.8) is 0 Å². The van der Waals surface area contributed by atoms with Gasteiger partial charge in [0.1, 0.15) is 5.75 Å². The van der Waals surface area contributed by atoms with E-state index in [4.69, 9.17) is 4.55 Å². The molecule has 0 saturated heterocycles. The molecule has 0 rings (SSSR count). The van der Waals surface area contributed by atoms with Crippen LogP contribution in [0.4, 0.5) is 13.2 Å². The molecule has 0 heterocycles. The van der Waals surface area contributed by atoms with Gasteiger partial charge in [0.25, 0.3) is 10.1 Å². The van der Waals surface area contributed by atoms with Crippen LogP contribution >= 0.6 is 0 Å². The van der Waals surface area contributed by atoms with E-state index in [1.54, 1.807) is 0 Å². The Balaban J connectivity index is 4.85. The second-order valence-corrected chi connectivity index (χ2v) is 4.46. The molecule has 0 bridgehead atoms. The van der Waals surface area contributed by atoms with Crippen LogP contribution in [-0.2, 0) is 19.6 Å². The number of esters is 1. The smallest absolute Gasteiger partial charge is 0.426 e. The molecule has 0 fully saturated rings. The molecule has 0 aliphatic carbocycles. The van der Waals surface area contributed by atoms with Crippen LogP contribution < -0.4 is 0 Å². The molecular formula is C7H9F3O5S. The van der Waals surface area contributed by atoms with E-state index >= 15 is 0 Å². The molecule has 0 aliphatic heterocycles. The highest BCUT2D eigenvalue weighted by molar-refractivity contribution is 7.85. The maximum absolute atomic E-state index is 12.2. The molecule has 1 N–H and O–H groups in total. The lowest BCUT2D eigenvalue weighted by molar-refractivity contribution is -0.212. The molecule has 9 heteroatoms. The monoisotopic (exact) mass is 262 g/mol. The average Bonchev–Trinajstić information content (AvgIpc) is 1.98. The second-order valence-electron chi connectivity index (χ2n) is 2.96. The summed E-state index contributed by atoms with van der Waals surface area (Å²) in [5, 5.41) is 0. The SMILES string of the molecule is C=C(C)C(=O)OC(CS(=O)(=O)O)C(F)(F)F. The van der Waals surface area contributed by atoms with E-state index in [1.165, 1.54) is 0 Å². The summed E-state index contributed by atoms with van der Waals surface area (Å²) in [5.41, 5.74) is -0.315. The number of alkyl halides is 3. The first kappa shape index (κ1) is 14.9. The first-order chi connectivity index (χ1) is 6.93. The van der Waals surface area contributed by atoms with Gasteiger partial charge in [0.2, 0.25) is 6.10 Å². The highest BCUT2D eigenvalue weighted by atomic mass is 32.2. The molecule has 0 amide bonds. The summed E-state index contributed by atoms with van der Waals surface area (Å²) in [6.45, 7) is 4.13. The lowest BCUT2D eigenvalue weighted by Crippen LogP contribution is -2.39. The van der Waals surface area contributed by atoms with Gasteiger partial charge in [0.05, 0.1) is 0 Å². The standard InChI is InChI=1S/C7H9F3O5S/c1-4(2)6(11)15-5(7(8,9)10)3-16(12,13)14/h5H,1,3H2,2H3,(H,12,13,14). The summed E-state index contributed by atoms with van der Waals surface area (Å²) < 4.78 is 69.2. The molecule has 0 aromatic heterocycles. The van der Waals surface area contributed by atoms with E-state index in [0.717, 1.165) is 6.92 Å². The fourth-order valence-electron chi connectivity index (χ4n) is 0.616. The molecule has 0 radical (unpaired) electrons. The van der Waals surface area contributed by atoms with Gasteiger partial charge in [-0.1, -0.05) is 6.58 Å². The number of hydrogen-bond acceptors (Lipinski definition) is 4. The van der Waals surface area contributed by atoms with E-state index in [9.17, 15) is 26.4 Å². The quantitative estimate of drug-likeness (QED) is 0.463. The van der Waals surface area contributed by atoms with Crippen LogP contribution in [0, 0.1) is 0 Å². The molecule has 1 atom stereocenters. The number of carbonyl (C=O) groups excluding carboxylic acids is 1. The Hall–Kier alpha value is -1.09. The van der Waals surface area contributed by atoms with Crippen LogP contribution in [0.15, 0.2) is 12.2 Å². The molecule has 16 heavy (non-hydrogen) atoms. The van der Waals surface area contributed by atoms with Crippen LogP contribution in [0.5, 0.6) is 0 Å². The Morgan fingerprint density at radius 1 is 1.50 bits per heavy atom. The molecule has 1 unspecified atom stereocenters. The molecule has 0 aliphatic rings. The van der Waals surface area contributed by atoms with Gasteiger partial charge in [-0.15, -0.1) is 0 Å². The lowest BCUT2D eigenvalue weighted by atomic mass is 10.3. The van der Waals surface area contributed by atoms with Crippen molar-refractivity contribution in [1.82, 2.24) is 0 Å². The predicted molar refractivity (Wildman–Crippen MR) is 47.2 cm³/mol. The molecule has 0 aromatic rings. The maximum Gasteiger partial charge on any atom is 0.426 e. The summed E-state index contributed by atoms with van der Waals surface area (Å²) in [6, 6.07) is 0. The van der Waals surface area contributed by atoms with E-state index in [1.807, 2.05) is 0 Å². The van der Waals surface area contributed by atoms with Gasteiger partial charge in [0, 0.05) is 5.57 Å². The fourth-order valence-corrected chi connectivity index (χ4v) is 1.26. The van der Waals surface area contributed by atoms with Crippen molar-refractivity contribution in [1.29, 1.82) is 0 Å². The molecule has 0 spiro atoms. The molecule has 0 saturated carbocycles. The fraction of sp³-hybridized carbons (Fsp3) is 0.571. The third-order valence-electron chi connectivity index (χ3n) is 1.32. The van der Waals surface area contributed by atoms with Crippen molar-refractivity contribution >= 4 is 16.1 Å². The number of halogens is 3. The second kappa shape index (κ2) is 4.83. The normalized spacial score (nSPS) is 14.3. The average molecular weight is 262 g/mol. The first-order valence-electron chi connectivity index (χ1n) is 3.82. The van der Waals surface area contributed by atoms with Gasteiger partial charge in [-0.25, -0.2) is 4.79 Å². The minimum absolute atomic E-state index is 0.315. The van der Waals surface area contributed by atoms with Crippen molar-refractivity contribution in [2.45, 2.75) is 19.2 Å². The summed E-state index contributed by atoms with van der Waals surface area (Å²) in [4.78, 5) is 10.8. The van der Waals surface area contributed by atoms with E-state index < -0.39 is 34.1 Å². The van der Waals surface area contributed by atoms with Crippen molar-refractivity contribution in [3.8, 4) is 0 Å². The summed E-state index contributed by atoms with van der Waals surface area (Å²) in [7, 11) is -4.90. The zero-order valence-electron chi connectivity index (χ0n) is 8.11. The Labute approximate surface area is 89.6 Å². The molecular weight excluding hydrogens is 253 g/mol. The predicted octanol–water partition coefficient (Wildman–Crippen LogP) is 0.924. The van der Waals surface area contributed by atoms with Crippen molar-refractivity contribution in [2.75, 3.05) is 5.75 Å². The highest BCUT2D eigenvalue weighted by Crippen LogP contribution is 2.24. The van der Waals surface area contributed by atoms with Gasteiger partial charge in [-0.3, -0.25) is 4.55 Å². The van der Waals surface area contributed by atoms with Gasteiger partial charge >= 0.3 is 12.1 Å². The number of carbonyl (C=O) groups is 1. The number of rotatable bonds is 4. The summed E-state index contributed by atoms with van der Waals surface area (Å²) in [6.07, 6.45) is -7.99. The van der Waals surface area contributed by atoms with Crippen molar-refractivity contribution in [2.24, 2.45) is 0 Å². The Morgan fingerprint density at radius 3 is 2.19 bits per heavy atom. The van der Waals surface area contributed by atoms with E-state index in [0.29, 0.717) is 0 Å². The zero-order valence-corrected chi connectivity index (χ0v) is 8.93. The van der Waals surface area contributed by atoms with Crippen molar-refractivity contribution in [3.05, 3.63) is 12.2 Å². The van der Waals surface area contributed by atoms with Crippen molar-refractivity contribution < 1.29 is 35.7 Å². The van der Waals surface area contributed by atoms with Crippen LogP contribution in [0.25, 0.3) is 0 Å². The highest BCUT2D eigenvalue weighted by Gasteiger charge is 2.45. The van der Waals surface area contributed by atoms with E-state index in [2.05, 4.69) is 11.3 Å². The Bertz CT molecular complexity index is 383. The Morgan fingerprint density at radius 2 is 1.94 bits per heavy atom. The van der Waals surface area contributed by atoms with Gasteiger partial charge in [0.15, 0.2) is 0 Å². The van der Waals surface area contributed by atoms with Gasteiger partial charge in [-0.2, -0.15) is 21.6 Å². The minimum Gasteiger partial charge on any atom is -0.448 e. The minimum atomic E-state index is -5.08. The zero-order chi connectivity index (χ0) is 13.1. The summed E-state index contributed by atoms with van der Waals surface area (Å²) in [5.74, 6) is -3.12. The summed E-state index contributed by atoms with van der Waals surface area (Å²) >= 11 is 0. The van der Waals surface area contributed by atoms with Crippen LogP contribution in [0.2, 0.25) is 0 Å². The molecule has 5 nitrogen and oxygen atoms in total. The maximum atomic E-state index is 12.2. The Kier molecular flexibility index (Phi) is 4.50. The van der Waals surface area contributed by atoms with Crippen LogP contribution in [0.3, 0.4) is 0 Å². The van der Waals surface area contributed by atoms with Crippen LogP contribution in [-0.4, -0.2) is 37.0 Å². The number of ether oxygens (including phenoxy) is 1. The van der Waals surface area contributed by atoms with Gasteiger partial charge < -0.3 is 4.74 Å². The third-order valence-corrected chi connectivity index (χ3v) is 2.05. The first-order valence-corrected chi connectivity index (χ1v) is 5.43. The molecule has 94 valence electrons. The largest absolute Gasteiger partial charge is 0.448 e. The number of hydrogen-bond donors (Lipinski definition) is 1. The lowest BCUT2D eigenvalue weighted by Gasteiger charge is -2.19. The van der Waals surface area contributed by atoms with Crippen LogP contribution in [0.1, 0.15) is 6.92 Å². The molecule has 0 aromatic carbocycles. The van der Waals surface area contributed by atoms with E-state index in [-0.39, 0.29) is 5.57 Å². The third kappa shape index (κ3) is 5.71. The van der Waals surface area contributed by atoms with Gasteiger partial charge in [-0.05, 0) is 6.92 Å².